The first-order valence-electron chi connectivity index (χ1n) is 7.20. The number of rotatable bonds is 3. The molecule has 0 saturated carbocycles. The molecule has 0 bridgehead atoms. The van der Waals surface area contributed by atoms with E-state index in [1.165, 1.54) is 6.07 Å². The van der Waals surface area contributed by atoms with Crippen LogP contribution in [0, 0.1) is 5.82 Å². The summed E-state index contributed by atoms with van der Waals surface area (Å²) in [7, 11) is 0. The number of benzene rings is 1. The van der Waals surface area contributed by atoms with Gasteiger partial charge in [-0.05, 0) is 39.3 Å². The predicted octanol–water partition coefficient (Wildman–Crippen LogP) is 3.83. The lowest BCUT2D eigenvalue weighted by molar-refractivity contribution is 0.0238. The molecule has 1 aliphatic rings. The Labute approximate surface area is 126 Å². The molecule has 2 rings (SSSR count). The summed E-state index contributed by atoms with van der Waals surface area (Å²) in [6.07, 6.45) is 1.06. The molecule has 1 N–H and O–H groups in total. The van der Waals surface area contributed by atoms with Gasteiger partial charge < -0.3 is 5.32 Å². The van der Waals surface area contributed by atoms with Gasteiger partial charge >= 0.3 is 0 Å². The number of hydrogen-bond acceptors (Lipinski definition) is 2. The summed E-state index contributed by atoms with van der Waals surface area (Å²) in [5, 5.41) is 4.07. The summed E-state index contributed by atoms with van der Waals surface area (Å²) in [6.45, 7) is 11.3. The fraction of sp³-hybridized carbons (Fsp3) is 0.625. The van der Waals surface area contributed by atoms with Crippen molar-refractivity contribution < 1.29 is 4.39 Å². The standard InChI is InChI=1S/C16H24ClFN2/c1-5-16(4)11-20(15(2,3)10-19-16)9-12-6-7-13(17)8-14(12)18/h6-8,19H,5,9-11H2,1-4H3. The van der Waals surface area contributed by atoms with Gasteiger partial charge in [0, 0.05) is 41.3 Å². The van der Waals surface area contributed by atoms with Crippen LogP contribution in [0.2, 0.25) is 5.02 Å². The summed E-state index contributed by atoms with van der Waals surface area (Å²) in [4.78, 5) is 2.36. The molecular weight excluding hydrogens is 275 g/mol. The van der Waals surface area contributed by atoms with Crippen LogP contribution in [0.1, 0.15) is 39.7 Å². The molecule has 0 aliphatic carbocycles. The van der Waals surface area contributed by atoms with Crippen molar-refractivity contribution in [2.45, 2.75) is 51.7 Å². The van der Waals surface area contributed by atoms with Gasteiger partial charge in [-0.3, -0.25) is 4.90 Å². The maximum atomic E-state index is 14.0. The van der Waals surface area contributed by atoms with Crippen LogP contribution in [0.5, 0.6) is 0 Å². The van der Waals surface area contributed by atoms with E-state index in [4.69, 9.17) is 11.6 Å². The van der Waals surface area contributed by atoms with Gasteiger partial charge in [-0.25, -0.2) is 4.39 Å². The quantitative estimate of drug-likeness (QED) is 0.912. The number of halogens is 2. The molecule has 1 unspecified atom stereocenters. The lowest BCUT2D eigenvalue weighted by atomic mass is 9.88. The third kappa shape index (κ3) is 3.33. The smallest absolute Gasteiger partial charge is 0.129 e. The average molecular weight is 299 g/mol. The van der Waals surface area contributed by atoms with E-state index in [-0.39, 0.29) is 16.9 Å². The van der Waals surface area contributed by atoms with Crippen LogP contribution in [-0.4, -0.2) is 29.1 Å². The Balaban J connectivity index is 2.20. The minimum Gasteiger partial charge on any atom is -0.308 e. The van der Waals surface area contributed by atoms with E-state index < -0.39 is 0 Å². The Bertz CT molecular complexity index is 489. The zero-order valence-corrected chi connectivity index (χ0v) is 13.5. The highest BCUT2D eigenvalue weighted by atomic mass is 35.5. The zero-order chi connectivity index (χ0) is 15.0. The first-order valence-corrected chi connectivity index (χ1v) is 7.57. The van der Waals surface area contributed by atoms with Gasteiger partial charge in [-0.1, -0.05) is 24.6 Å². The number of nitrogens with one attached hydrogen (secondary N) is 1. The van der Waals surface area contributed by atoms with Crippen LogP contribution in [-0.2, 0) is 6.54 Å². The van der Waals surface area contributed by atoms with Crippen molar-refractivity contribution in [3.05, 3.63) is 34.6 Å². The van der Waals surface area contributed by atoms with Crippen molar-refractivity contribution in [3.8, 4) is 0 Å². The van der Waals surface area contributed by atoms with E-state index >= 15 is 0 Å². The van der Waals surface area contributed by atoms with Gasteiger partial charge in [0.15, 0.2) is 0 Å². The molecule has 0 amide bonds. The first-order chi connectivity index (χ1) is 9.26. The molecule has 112 valence electrons. The van der Waals surface area contributed by atoms with Crippen molar-refractivity contribution in [2.75, 3.05) is 13.1 Å². The van der Waals surface area contributed by atoms with Crippen LogP contribution in [0.4, 0.5) is 4.39 Å². The fourth-order valence-corrected chi connectivity index (χ4v) is 2.75. The Kier molecular flexibility index (Phi) is 4.43. The molecule has 0 radical (unpaired) electrons. The van der Waals surface area contributed by atoms with Gasteiger partial charge in [-0.2, -0.15) is 0 Å². The van der Waals surface area contributed by atoms with E-state index in [1.807, 2.05) is 0 Å². The molecule has 1 heterocycles. The van der Waals surface area contributed by atoms with E-state index in [0.29, 0.717) is 17.1 Å². The van der Waals surface area contributed by atoms with Gasteiger partial charge in [-0.15, -0.1) is 0 Å². The number of piperazine rings is 1. The van der Waals surface area contributed by atoms with Crippen LogP contribution in [0.25, 0.3) is 0 Å². The van der Waals surface area contributed by atoms with Gasteiger partial charge in [0.1, 0.15) is 5.82 Å². The fourth-order valence-electron chi connectivity index (χ4n) is 2.59. The van der Waals surface area contributed by atoms with E-state index in [2.05, 4.69) is 37.9 Å². The van der Waals surface area contributed by atoms with Crippen molar-refractivity contribution in [1.82, 2.24) is 10.2 Å². The lowest BCUT2D eigenvalue weighted by Crippen LogP contribution is -2.66. The van der Waals surface area contributed by atoms with Crippen LogP contribution >= 0.6 is 11.6 Å². The molecule has 2 nitrogen and oxygen atoms in total. The summed E-state index contributed by atoms with van der Waals surface area (Å²) in [6, 6.07) is 4.94. The first kappa shape index (κ1) is 15.7. The van der Waals surface area contributed by atoms with Crippen molar-refractivity contribution in [3.63, 3.8) is 0 Å². The molecule has 1 aliphatic heterocycles. The molecule has 1 saturated heterocycles. The molecule has 1 atom stereocenters. The summed E-state index contributed by atoms with van der Waals surface area (Å²) in [5.41, 5.74) is 0.821. The van der Waals surface area contributed by atoms with Crippen molar-refractivity contribution >= 4 is 11.6 Å². The monoisotopic (exact) mass is 298 g/mol. The second-order valence-corrected chi connectivity index (χ2v) is 7.11. The summed E-state index contributed by atoms with van der Waals surface area (Å²) >= 11 is 5.82. The van der Waals surface area contributed by atoms with Gasteiger partial charge in [0.05, 0.1) is 0 Å². The Morgan fingerprint density at radius 2 is 2.05 bits per heavy atom. The zero-order valence-electron chi connectivity index (χ0n) is 12.8. The van der Waals surface area contributed by atoms with E-state index in [0.717, 1.165) is 19.5 Å². The summed E-state index contributed by atoms with van der Waals surface area (Å²) in [5.74, 6) is -0.218. The largest absolute Gasteiger partial charge is 0.308 e. The molecule has 0 aromatic heterocycles. The topological polar surface area (TPSA) is 15.3 Å². The molecule has 4 heteroatoms. The van der Waals surface area contributed by atoms with Crippen LogP contribution in [0.15, 0.2) is 18.2 Å². The van der Waals surface area contributed by atoms with E-state index in [9.17, 15) is 4.39 Å². The highest BCUT2D eigenvalue weighted by Gasteiger charge is 2.39. The Morgan fingerprint density at radius 1 is 1.35 bits per heavy atom. The maximum Gasteiger partial charge on any atom is 0.129 e. The molecule has 0 spiro atoms. The molecule has 1 aromatic carbocycles. The Morgan fingerprint density at radius 3 is 2.65 bits per heavy atom. The second kappa shape index (κ2) is 5.63. The minimum absolute atomic E-state index is 0.0146. The van der Waals surface area contributed by atoms with Crippen LogP contribution < -0.4 is 5.32 Å². The molecular formula is C16H24ClFN2. The molecule has 20 heavy (non-hydrogen) atoms. The third-order valence-electron chi connectivity index (χ3n) is 4.50. The molecule has 1 aromatic rings. The summed E-state index contributed by atoms with van der Waals surface area (Å²) < 4.78 is 14.0. The highest BCUT2D eigenvalue weighted by Crippen LogP contribution is 2.28. The maximum absolute atomic E-state index is 14.0. The van der Waals surface area contributed by atoms with Crippen LogP contribution in [0.3, 0.4) is 0 Å². The predicted molar refractivity (Wildman–Crippen MR) is 82.6 cm³/mol. The molecule has 1 fully saturated rings. The van der Waals surface area contributed by atoms with Gasteiger partial charge in [0.25, 0.3) is 0 Å². The van der Waals surface area contributed by atoms with E-state index in [1.54, 1.807) is 12.1 Å². The number of nitrogens with zero attached hydrogens (tertiary/aromatic N) is 1. The minimum atomic E-state index is -0.218. The normalized spacial score (nSPS) is 26.7. The highest BCUT2D eigenvalue weighted by molar-refractivity contribution is 6.30. The third-order valence-corrected chi connectivity index (χ3v) is 4.74. The second-order valence-electron chi connectivity index (χ2n) is 6.67. The SMILES string of the molecule is CCC1(C)CN(Cc2ccc(Cl)cc2F)C(C)(C)CN1. The van der Waals surface area contributed by atoms with Crippen molar-refractivity contribution in [1.29, 1.82) is 0 Å². The number of hydrogen-bond donors (Lipinski definition) is 1. The lowest BCUT2D eigenvalue weighted by Gasteiger charge is -2.50. The Hall–Kier alpha value is -0.640. The average Bonchev–Trinajstić information content (AvgIpc) is 2.38. The van der Waals surface area contributed by atoms with Gasteiger partial charge in [0.2, 0.25) is 0 Å². The van der Waals surface area contributed by atoms with Crippen molar-refractivity contribution in [2.24, 2.45) is 0 Å².